The molecule has 1 amide bonds. The van der Waals surface area contributed by atoms with Crippen LogP contribution in [0.2, 0.25) is 5.02 Å². The SMILES string of the molecule is COCOC(C/C=C/CC(=O)NO)c1ccc(-c2ccc(Cl)cc2)cc1. The van der Waals surface area contributed by atoms with Gasteiger partial charge >= 0.3 is 0 Å². The summed E-state index contributed by atoms with van der Waals surface area (Å²) in [7, 11) is 1.57. The summed E-state index contributed by atoms with van der Waals surface area (Å²) in [5, 5.41) is 9.20. The molecule has 0 saturated heterocycles. The van der Waals surface area contributed by atoms with E-state index in [0.29, 0.717) is 11.4 Å². The van der Waals surface area contributed by atoms with Crippen LogP contribution in [0, 0.1) is 0 Å². The van der Waals surface area contributed by atoms with Crippen molar-refractivity contribution in [1.82, 2.24) is 5.48 Å². The first-order chi connectivity index (χ1) is 12.6. The smallest absolute Gasteiger partial charge is 0.247 e. The Morgan fingerprint density at radius 3 is 2.31 bits per heavy atom. The first kappa shape index (κ1) is 20.1. The number of amides is 1. The molecule has 0 spiro atoms. The summed E-state index contributed by atoms with van der Waals surface area (Å²) >= 11 is 5.93. The van der Waals surface area contributed by atoms with Gasteiger partial charge in [-0.05, 0) is 35.2 Å². The van der Waals surface area contributed by atoms with Gasteiger partial charge in [0, 0.05) is 18.6 Å². The van der Waals surface area contributed by atoms with Crippen molar-refractivity contribution in [3.8, 4) is 11.1 Å². The number of carbonyl (C=O) groups excluding carboxylic acids is 1. The molecule has 0 bridgehead atoms. The number of hydrogen-bond donors (Lipinski definition) is 2. The van der Waals surface area contributed by atoms with E-state index in [1.54, 1.807) is 18.7 Å². The number of nitrogens with one attached hydrogen (secondary N) is 1. The van der Waals surface area contributed by atoms with Gasteiger partial charge in [-0.3, -0.25) is 10.0 Å². The number of carbonyl (C=O) groups is 1. The molecule has 2 N–H and O–H groups in total. The van der Waals surface area contributed by atoms with Crippen molar-refractivity contribution in [1.29, 1.82) is 0 Å². The van der Waals surface area contributed by atoms with Crippen molar-refractivity contribution in [2.45, 2.75) is 18.9 Å². The van der Waals surface area contributed by atoms with Crippen molar-refractivity contribution < 1.29 is 19.5 Å². The van der Waals surface area contributed by atoms with Crippen molar-refractivity contribution in [3.05, 3.63) is 71.3 Å². The van der Waals surface area contributed by atoms with E-state index in [-0.39, 0.29) is 19.3 Å². The van der Waals surface area contributed by atoms with Gasteiger partial charge in [0.2, 0.25) is 5.91 Å². The normalized spacial score (nSPS) is 12.3. The fraction of sp³-hybridized carbons (Fsp3) is 0.250. The molecule has 138 valence electrons. The highest BCUT2D eigenvalue weighted by atomic mass is 35.5. The Morgan fingerprint density at radius 1 is 1.12 bits per heavy atom. The molecule has 0 aliphatic rings. The molecule has 0 radical (unpaired) electrons. The zero-order valence-electron chi connectivity index (χ0n) is 14.5. The van der Waals surface area contributed by atoms with Crippen LogP contribution < -0.4 is 5.48 Å². The molecule has 2 aromatic carbocycles. The lowest BCUT2D eigenvalue weighted by atomic mass is 10.0. The molecule has 1 atom stereocenters. The number of hydroxylamine groups is 1. The standard InChI is InChI=1S/C20H22ClNO4/c1-25-14-26-19(4-2-3-5-20(23)22-24)17-8-6-15(7-9-17)16-10-12-18(21)13-11-16/h2-3,6-13,19,24H,4-5,14H2,1H3,(H,22,23)/b3-2+. The minimum Gasteiger partial charge on any atom is -0.359 e. The number of rotatable bonds is 9. The number of hydrogen-bond acceptors (Lipinski definition) is 4. The van der Waals surface area contributed by atoms with E-state index in [9.17, 15) is 4.79 Å². The molecule has 5 nitrogen and oxygen atoms in total. The largest absolute Gasteiger partial charge is 0.359 e. The molecule has 0 saturated carbocycles. The molecule has 2 aromatic rings. The molecule has 0 aliphatic carbocycles. The quantitative estimate of drug-likeness (QED) is 0.293. The summed E-state index contributed by atoms with van der Waals surface area (Å²) < 4.78 is 10.7. The van der Waals surface area contributed by atoms with Crippen molar-refractivity contribution in [2.75, 3.05) is 13.9 Å². The van der Waals surface area contributed by atoms with Gasteiger partial charge in [0.25, 0.3) is 0 Å². The lowest BCUT2D eigenvalue weighted by Crippen LogP contribution is -2.16. The second-order valence-electron chi connectivity index (χ2n) is 5.64. The van der Waals surface area contributed by atoms with E-state index in [4.69, 9.17) is 26.3 Å². The number of benzene rings is 2. The lowest BCUT2D eigenvalue weighted by molar-refractivity contribution is -0.128. The van der Waals surface area contributed by atoms with Crippen molar-refractivity contribution in [3.63, 3.8) is 0 Å². The highest BCUT2D eigenvalue weighted by Crippen LogP contribution is 2.26. The molecule has 26 heavy (non-hydrogen) atoms. The summed E-state index contributed by atoms with van der Waals surface area (Å²) in [5.41, 5.74) is 4.78. The highest BCUT2D eigenvalue weighted by Gasteiger charge is 2.11. The molecular weight excluding hydrogens is 354 g/mol. The highest BCUT2D eigenvalue weighted by molar-refractivity contribution is 6.30. The minimum absolute atomic E-state index is 0.114. The van der Waals surface area contributed by atoms with Crippen LogP contribution in [-0.2, 0) is 14.3 Å². The van der Waals surface area contributed by atoms with Crippen LogP contribution in [0.15, 0.2) is 60.7 Å². The molecular formula is C20H22ClNO4. The molecule has 0 heterocycles. The number of ether oxygens (including phenoxy) is 2. The second-order valence-corrected chi connectivity index (χ2v) is 6.07. The van der Waals surface area contributed by atoms with Crippen molar-refractivity contribution >= 4 is 17.5 Å². The molecule has 6 heteroatoms. The van der Waals surface area contributed by atoms with Crippen molar-refractivity contribution in [2.24, 2.45) is 0 Å². The molecule has 2 rings (SSSR count). The third-order valence-corrected chi connectivity index (χ3v) is 4.04. The third kappa shape index (κ3) is 6.28. The Bertz CT molecular complexity index is 714. The zero-order valence-corrected chi connectivity index (χ0v) is 15.3. The molecule has 0 aliphatic heterocycles. The maximum Gasteiger partial charge on any atom is 0.247 e. The van der Waals surface area contributed by atoms with Crippen LogP contribution in [0.25, 0.3) is 11.1 Å². The van der Waals surface area contributed by atoms with E-state index in [2.05, 4.69) is 0 Å². The van der Waals surface area contributed by atoms with Crippen LogP contribution in [0.5, 0.6) is 0 Å². The summed E-state index contributed by atoms with van der Waals surface area (Å²) in [6.45, 7) is 0.175. The van der Waals surface area contributed by atoms with Crippen LogP contribution in [0.1, 0.15) is 24.5 Å². The molecule has 1 unspecified atom stereocenters. The van der Waals surface area contributed by atoms with Gasteiger partial charge in [0.05, 0.1) is 6.10 Å². The fourth-order valence-electron chi connectivity index (χ4n) is 2.44. The first-order valence-corrected chi connectivity index (χ1v) is 8.56. The van der Waals surface area contributed by atoms with Gasteiger partial charge in [-0.2, -0.15) is 0 Å². The topological polar surface area (TPSA) is 67.8 Å². The Morgan fingerprint density at radius 2 is 1.73 bits per heavy atom. The van der Waals surface area contributed by atoms with Gasteiger partial charge in [-0.15, -0.1) is 0 Å². The van der Waals surface area contributed by atoms with Crippen LogP contribution in [0.3, 0.4) is 0 Å². The Balaban J connectivity index is 2.06. The van der Waals surface area contributed by atoms with Gasteiger partial charge < -0.3 is 9.47 Å². The predicted octanol–water partition coefficient (Wildman–Crippen LogP) is 4.51. The average Bonchev–Trinajstić information content (AvgIpc) is 2.68. The Labute approximate surface area is 158 Å². The van der Waals surface area contributed by atoms with E-state index in [0.717, 1.165) is 16.7 Å². The summed E-state index contributed by atoms with van der Waals surface area (Å²) in [5.74, 6) is -0.456. The van der Waals surface area contributed by atoms with Crippen LogP contribution in [-0.4, -0.2) is 25.0 Å². The van der Waals surface area contributed by atoms with E-state index < -0.39 is 5.91 Å². The number of halogens is 1. The van der Waals surface area contributed by atoms with Gasteiger partial charge in [0.15, 0.2) is 0 Å². The molecule has 0 aromatic heterocycles. The maximum atomic E-state index is 11.0. The maximum absolute atomic E-state index is 11.0. The molecule has 0 fully saturated rings. The monoisotopic (exact) mass is 375 g/mol. The Kier molecular flexibility index (Phi) is 8.31. The minimum atomic E-state index is -0.456. The summed E-state index contributed by atoms with van der Waals surface area (Å²) in [4.78, 5) is 11.0. The van der Waals surface area contributed by atoms with E-state index in [1.165, 1.54) is 0 Å². The Hall–Kier alpha value is -2.18. The van der Waals surface area contributed by atoms with Crippen LogP contribution in [0.4, 0.5) is 0 Å². The number of methoxy groups -OCH3 is 1. The van der Waals surface area contributed by atoms with Crippen LogP contribution >= 0.6 is 11.6 Å². The predicted molar refractivity (Wildman–Crippen MR) is 101 cm³/mol. The van der Waals surface area contributed by atoms with Gasteiger partial charge in [-0.1, -0.05) is 60.2 Å². The third-order valence-electron chi connectivity index (χ3n) is 3.79. The summed E-state index contributed by atoms with van der Waals surface area (Å²) in [6.07, 6.45) is 4.05. The summed E-state index contributed by atoms with van der Waals surface area (Å²) in [6, 6.07) is 15.8. The fourth-order valence-corrected chi connectivity index (χ4v) is 2.56. The average molecular weight is 376 g/mol. The van der Waals surface area contributed by atoms with E-state index >= 15 is 0 Å². The zero-order chi connectivity index (χ0) is 18.8. The van der Waals surface area contributed by atoms with E-state index in [1.807, 2.05) is 54.6 Å². The van der Waals surface area contributed by atoms with Gasteiger partial charge in [0.1, 0.15) is 6.79 Å². The lowest BCUT2D eigenvalue weighted by Gasteiger charge is -2.17. The van der Waals surface area contributed by atoms with Gasteiger partial charge in [-0.25, -0.2) is 5.48 Å². The second kappa shape index (κ2) is 10.7. The first-order valence-electron chi connectivity index (χ1n) is 8.18.